The number of ether oxygens (including phenoxy) is 1. The third kappa shape index (κ3) is 4.35. The molecule has 1 aromatic heterocycles. The lowest BCUT2D eigenvalue weighted by Crippen LogP contribution is -2.32. The van der Waals surface area contributed by atoms with E-state index in [0.29, 0.717) is 16.8 Å². The molecule has 1 unspecified atom stereocenters. The summed E-state index contributed by atoms with van der Waals surface area (Å²) in [6.45, 7) is 8.72. The zero-order valence-electron chi connectivity index (χ0n) is 18.2. The maximum Gasteiger partial charge on any atom is 0.338 e. The number of Topliss-reactive ketones (excluding diaryl/α,β-unsaturated/α-hetero) is 1. The van der Waals surface area contributed by atoms with Gasteiger partial charge in [-0.1, -0.05) is 26.8 Å². The number of pyridine rings is 1. The number of hydrogen-bond donors (Lipinski definition) is 1. The van der Waals surface area contributed by atoms with Crippen LogP contribution in [0.4, 0.5) is 5.69 Å². The summed E-state index contributed by atoms with van der Waals surface area (Å²) in [5, 5.41) is 10.7. The number of benzene rings is 1. The van der Waals surface area contributed by atoms with E-state index in [1.807, 2.05) is 0 Å². The van der Waals surface area contributed by atoms with Gasteiger partial charge in [-0.15, -0.1) is 0 Å². The maximum absolute atomic E-state index is 13.2. The summed E-state index contributed by atoms with van der Waals surface area (Å²) in [5.74, 6) is -2.05. The predicted octanol–water partition coefficient (Wildman–Crippen LogP) is 4.16. The molecule has 162 valence electrons. The molecule has 0 saturated carbocycles. The minimum absolute atomic E-state index is 0.0359. The van der Waals surface area contributed by atoms with Crippen LogP contribution in [0.2, 0.25) is 0 Å². The van der Waals surface area contributed by atoms with Crippen LogP contribution in [-0.2, 0) is 14.3 Å². The van der Waals surface area contributed by atoms with E-state index in [-0.39, 0.29) is 17.5 Å². The lowest BCUT2D eigenvalue weighted by atomic mass is 9.82. The summed E-state index contributed by atoms with van der Waals surface area (Å²) in [6.07, 6.45) is 2.90. The number of ketones is 1. The van der Waals surface area contributed by atoms with Crippen molar-refractivity contribution in [3.05, 3.63) is 71.3 Å². The summed E-state index contributed by atoms with van der Waals surface area (Å²) in [4.78, 5) is 43.8. The van der Waals surface area contributed by atoms with Crippen LogP contribution in [0.5, 0.6) is 0 Å². The van der Waals surface area contributed by atoms with E-state index in [1.54, 1.807) is 83.4 Å². The minimum Gasteiger partial charge on any atom is -0.503 e. The van der Waals surface area contributed by atoms with Crippen molar-refractivity contribution in [1.82, 2.24) is 4.98 Å². The average molecular weight is 422 g/mol. The van der Waals surface area contributed by atoms with Gasteiger partial charge >= 0.3 is 5.97 Å². The first kappa shape index (κ1) is 22.2. The van der Waals surface area contributed by atoms with Gasteiger partial charge in [-0.3, -0.25) is 19.5 Å². The molecule has 2 aromatic rings. The molecule has 7 nitrogen and oxygen atoms in total. The van der Waals surface area contributed by atoms with Crippen LogP contribution < -0.4 is 4.90 Å². The van der Waals surface area contributed by atoms with Crippen LogP contribution in [0.3, 0.4) is 0 Å². The van der Waals surface area contributed by atoms with Gasteiger partial charge in [0.2, 0.25) is 0 Å². The number of carbonyl (C=O) groups is 3. The molecule has 0 bridgehead atoms. The highest BCUT2D eigenvalue weighted by molar-refractivity contribution is 6.17. The van der Waals surface area contributed by atoms with Gasteiger partial charge in [0.15, 0.2) is 11.5 Å². The van der Waals surface area contributed by atoms with E-state index < -0.39 is 29.1 Å². The summed E-state index contributed by atoms with van der Waals surface area (Å²) in [7, 11) is 0. The smallest absolute Gasteiger partial charge is 0.338 e. The highest BCUT2D eigenvalue weighted by Crippen LogP contribution is 2.43. The number of hydrogen-bond acceptors (Lipinski definition) is 6. The number of nitrogens with zero attached hydrogens (tertiary/aromatic N) is 2. The molecule has 1 N–H and O–H groups in total. The molecule has 0 radical (unpaired) electrons. The topological polar surface area (TPSA) is 96.8 Å². The molecule has 0 aliphatic carbocycles. The van der Waals surface area contributed by atoms with Crippen LogP contribution in [-0.4, -0.2) is 33.9 Å². The SMILES string of the molecule is CC(C)OC(=O)c1ccc(N2C(=O)C(O)=C(C(=O)C(C)(C)C)C2c2cccnc2)cc1. The number of aliphatic hydroxyl groups excluding tert-OH is 1. The fourth-order valence-corrected chi connectivity index (χ4v) is 3.40. The van der Waals surface area contributed by atoms with Crippen LogP contribution in [0.25, 0.3) is 0 Å². The van der Waals surface area contributed by atoms with Gasteiger partial charge in [0, 0.05) is 23.5 Å². The molecule has 1 aliphatic heterocycles. The molecule has 0 saturated heterocycles. The van der Waals surface area contributed by atoms with Crippen molar-refractivity contribution < 1.29 is 24.2 Å². The molecule has 1 aromatic carbocycles. The first-order valence-corrected chi connectivity index (χ1v) is 10.0. The maximum atomic E-state index is 13.2. The van der Waals surface area contributed by atoms with Crippen LogP contribution in [0, 0.1) is 5.41 Å². The van der Waals surface area contributed by atoms with Gasteiger partial charge in [0.25, 0.3) is 5.91 Å². The monoisotopic (exact) mass is 422 g/mol. The fourth-order valence-electron chi connectivity index (χ4n) is 3.40. The quantitative estimate of drug-likeness (QED) is 0.727. The Hall–Kier alpha value is -3.48. The van der Waals surface area contributed by atoms with Crippen LogP contribution in [0.1, 0.15) is 56.6 Å². The molecule has 2 heterocycles. The molecular weight excluding hydrogens is 396 g/mol. The van der Waals surface area contributed by atoms with Gasteiger partial charge in [-0.2, -0.15) is 0 Å². The highest BCUT2D eigenvalue weighted by atomic mass is 16.5. The van der Waals surface area contributed by atoms with Gasteiger partial charge in [0.05, 0.1) is 23.3 Å². The van der Waals surface area contributed by atoms with E-state index in [0.717, 1.165) is 0 Å². The van der Waals surface area contributed by atoms with Crippen molar-refractivity contribution >= 4 is 23.3 Å². The van der Waals surface area contributed by atoms with E-state index in [4.69, 9.17) is 4.74 Å². The number of carbonyl (C=O) groups excluding carboxylic acids is 3. The zero-order chi connectivity index (χ0) is 22.9. The second-order valence-corrected chi connectivity index (χ2v) is 8.71. The number of anilines is 1. The molecule has 0 fully saturated rings. The lowest BCUT2D eigenvalue weighted by Gasteiger charge is -2.28. The van der Waals surface area contributed by atoms with Crippen molar-refractivity contribution in [3.63, 3.8) is 0 Å². The first-order valence-electron chi connectivity index (χ1n) is 10.0. The number of amides is 1. The van der Waals surface area contributed by atoms with E-state index in [2.05, 4.69) is 4.98 Å². The largest absolute Gasteiger partial charge is 0.503 e. The van der Waals surface area contributed by atoms with E-state index in [9.17, 15) is 19.5 Å². The highest BCUT2D eigenvalue weighted by Gasteiger charge is 2.46. The Labute approximate surface area is 181 Å². The van der Waals surface area contributed by atoms with Crippen LogP contribution in [0.15, 0.2) is 60.1 Å². The molecule has 1 aliphatic rings. The summed E-state index contributed by atoms with van der Waals surface area (Å²) in [5.41, 5.74) is 0.600. The predicted molar refractivity (Wildman–Crippen MR) is 116 cm³/mol. The Balaban J connectivity index is 2.06. The number of rotatable bonds is 5. The normalized spacial score (nSPS) is 16.8. The molecular formula is C24H26N2O5. The Morgan fingerprint density at radius 3 is 2.29 bits per heavy atom. The standard InChI is InChI=1S/C24H26N2O5/c1-14(2)31-23(30)15-8-10-17(11-9-15)26-19(16-7-6-12-25-13-16)18(20(27)22(26)29)21(28)24(3,4)5/h6-14,19,27H,1-5H3. The average Bonchev–Trinajstić information content (AvgIpc) is 2.98. The van der Waals surface area contributed by atoms with Crippen molar-refractivity contribution in [2.24, 2.45) is 5.41 Å². The third-order valence-electron chi connectivity index (χ3n) is 4.86. The number of aliphatic hydroxyl groups is 1. The number of esters is 1. The van der Waals surface area contributed by atoms with Crippen molar-refractivity contribution in [1.29, 1.82) is 0 Å². The van der Waals surface area contributed by atoms with Gasteiger partial charge in [-0.05, 0) is 49.7 Å². The second kappa shape index (κ2) is 8.34. The van der Waals surface area contributed by atoms with E-state index in [1.165, 1.54) is 4.90 Å². The fraction of sp³-hybridized carbons (Fsp3) is 0.333. The first-order chi connectivity index (χ1) is 14.5. The summed E-state index contributed by atoms with van der Waals surface area (Å²) >= 11 is 0. The molecule has 0 spiro atoms. The summed E-state index contributed by atoms with van der Waals surface area (Å²) in [6, 6.07) is 8.91. The Morgan fingerprint density at radius 1 is 1.13 bits per heavy atom. The van der Waals surface area contributed by atoms with Gasteiger partial charge < -0.3 is 9.84 Å². The molecule has 3 rings (SSSR count). The third-order valence-corrected chi connectivity index (χ3v) is 4.86. The van der Waals surface area contributed by atoms with Crippen molar-refractivity contribution in [2.75, 3.05) is 4.90 Å². The minimum atomic E-state index is -0.832. The molecule has 31 heavy (non-hydrogen) atoms. The molecule has 7 heteroatoms. The second-order valence-electron chi connectivity index (χ2n) is 8.71. The summed E-state index contributed by atoms with van der Waals surface area (Å²) < 4.78 is 5.20. The lowest BCUT2D eigenvalue weighted by molar-refractivity contribution is -0.123. The molecule has 1 atom stereocenters. The van der Waals surface area contributed by atoms with Gasteiger partial charge in [0.1, 0.15) is 0 Å². The Kier molecular flexibility index (Phi) is 5.97. The Bertz CT molecular complexity index is 1030. The van der Waals surface area contributed by atoms with Crippen LogP contribution >= 0.6 is 0 Å². The Morgan fingerprint density at radius 2 is 1.77 bits per heavy atom. The number of aromatic nitrogens is 1. The van der Waals surface area contributed by atoms with E-state index >= 15 is 0 Å². The van der Waals surface area contributed by atoms with Crippen molar-refractivity contribution in [3.8, 4) is 0 Å². The van der Waals surface area contributed by atoms with Gasteiger partial charge in [-0.25, -0.2) is 4.79 Å². The zero-order valence-corrected chi connectivity index (χ0v) is 18.2. The van der Waals surface area contributed by atoms with Crippen molar-refractivity contribution in [2.45, 2.75) is 46.8 Å². The molecule has 1 amide bonds.